The summed E-state index contributed by atoms with van der Waals surface area (Å²) in [6.45, 7) is 3.64. The maximum absolute atomic E-state index is 12.3. The Labute approximate surface area is 136 Å². The number of aryl methyl sites for hydroxylation is 1. The van der Waals surface area contributed by atoms with E-state index in [-0.39, 0.29) is 25.0 Å². The van der Waals surface area contributed by atoms with Gasteiger partial charge < -0.3 is 19.5 Å². The zero-order chi connectivity index (χ0) is 16.7. The van der Waals surface area contributed by atoms with Crippen LogP contribution in [-0.2, 0) is 14.3 Å². The highest BCUT2D eigenvalue weighted by atomic mass is 16.5. The summed E-state index contributed by atoms with van der Waals surface area (Å²) in [5.74, 6) is -0.121. The van der Waals surface area contributed by atoms with Crippen LogP contribution in [0.5, 0.6) is 5.75 Å². The van der Waals surface area contributed by atoms with Gasteiger partial charge in [0.25, 0.3) is 0 Å². The average Bonchev–Trinajstić information content (AvgIpc) is 2.53. The fourth-order valence-electron chi connectivity index (χ4n) is 2.62. The van der Waals surface area contributed by atoms with Gasteiger partial charge in [0.05, 0.1) is 32.3 Å². The highest BCUT2D eigenvalue weighted by Gasteiger charge is 2.28. The van der Waals surface area contributed by atoms with Crippen LogP contribution in [0.25, 0.3) is 0 Å². The highest BCUT2D eigenvalue weighted by molar-refractivity contribution is 5.77. The van der Waals surface area contributed by atoms with Crippen LogP contribution in [0.4, 0.5) is 0 Å². The van der Waals surface area contributed by atoms with Crippen LogP contribution in [0.2, 0.25) is 0 Å². The summed E-state index contributed by atoms with van der Waals surface area (Å²) in [5, 5.41) is 8.92. The minimum Gasteiger partial charge on any atom is -0.493 e. The van der Waals surface area contributed by atoms with Crippen LogP contribution in [-0.4, -0.2) is 54.3 Å². The van der Waals surface area contributed by atoms with Gasteiger partial charge in [-0.3, -0.25) is 9.59 Å². The molecule has 1 saturated heterocycles. The molecule has 1 amide bonds. The van der Waals surface area contributed by atoms with Gasteiger partial charge in [-0.05, 0) is 25.0 Å². The zero-order valence-corrected chi connectivity index (χ0v) is 13.4. The Balaban J connectivity index is 1.77. The molecule has 1 unspecified atom stereocenters. The molecule has 6 heteroatoms. The number of para-hydroxylation sites is 1. The molecule has 126 valence electrons. The lowest BCUT2D eigenvalue weighted by molar-refractivity contribution is -0.146. The normalized spacial score (nSPS) is 17.8. The summed E-state index contributed by atoms with van der Waals surface area (Å²) in [5.41, 5.74) is 1.06. The first kappa shape index (κ1) is 17.3. The predicted octanol–water partition coefficient (Wildman–Crippen LogP) is 1.86. The summed E-state index contributed by atoms with van der Waals surface area (Å²) in [7, 11) is 0. The van der Waals surface area contributed by atoms with E-state index in [2.05, 4.69) is 0 Å². The van der Waals surface area contributed by atoms with E-state index >= 15 is 0 Å². The van der Waals surface area contributed by atoms with E-state index in [1.54, 1.807) is 4.90 Å². The lowest BCUT2D eigenvalue weighted by Crippen LogP contribution is -2.49. The van der Waals surface area contributed by atoms with Gasteiger partial charge in [0.15, 0.2) is 0 Å². The summed E-state index contributed by atoms with van der Waals surface area (Å²) in [4.78, 5) is 24.8. The molecule has 1 N–H and O–H groups in total. The minimum absolute atomic E-state index is 0.0343. The molecule has 1 aliphatic rings. The number of carbonyl (C=O) groups is 2. The van der Waals surface area contributed by atoms with Gasteiger partial charge >= 0.3 is 5.97 Å². The second-order valence-corrected chi connectivity index (χ2v) is 5.63. The lowest BCUT2D eigenvalue weighted by Gasteiger charge is -2.35. The fourth-order valence-corrected chi connectivity index (χ4v) is 2.62. The molecule has 2 rings (SSSR count). The largest absolute Gasteiger partial charge is 0.493 e. The van der Waals surface area contributed by atoms with Crippen LogP contribution in [0, 0.1) is 6.92 Å². The number of carboxylic acids is 1. The number of aliphatic carboxylic acids is 1. The number of nitrogens with zero attached hydrogens (tertiary/aromatic N) is 1. The van der Waals surface area contributed by atoms with E-state index in [1.807, 2.05) is 31.2 Å². The molecular formula is C17H23NO5. The molecule has 1 atom stereocenters. The van der Waals surface area contributed by atoms with Crippen LogP contribution in [0.15, 0.2) is 24.3 Å². The summed E-state index contributed by atoms with van der Waals surface area (Å²) in [6, 6.07) is 7.38. The summed E-state index contributed by atoms with van der Waals surface area (Å²) < 4.78 is 11.0. The van der Waals surface area contributed by atoms with Gasteiger partial charge in [-0.15, -0.1) is 0 Å². The Bertz CT molecular complexity index is 546. The number of benzene rings is 1. The third-order valence-corrected chi connectivity index (χ3v) is 3.84. The van der Waals surface area contributed by atoms with Crippen molar-refractivity contribution >= 4 is 11.9 Å². The molecule has 6 nitrogen and oxygen atoms in total. The van der Waals surface area contributed by atoms with E-state index in [1.165, 1.54) is 0 Å². The molecule has 1 aromatic carbocycles. The Morgan fingerprint density at radius 3 is 2.91 bits per heavy atom. The van der Waals surface area contributed by atoms with E-state index in [9.17, 15) is 9.59 Å². The molecule has 0 spiro atoms. The quantitative estimate of drug-likeness (QED) is 0.776. The number of rotatable bonds is 7. The number of hydrogen-bond donors (Lipinski definition) is 1. The second-order valence-electron chi connectivity index (χ2n) is 5.63. The second kappa shape index (κ2) is 8.53. The van der Waals surface area contributed by atoms with Gasteiger partial charge in [0.2, 0.25) is 5.91 Å². The third-order valence-electron chi connectivity index (χ3n) is 3.84. The van der Waals surface area contributed by atoms with Crippen LogP contribution >= 0.6 is 0 Å². The van der Waals surface area contributed by atoms with Crippen molar-refractivity contribution in [1.82, 2.24) is 4.90 Å². The number of ether oxygens (including phenoxy) is 2. The standard InChI is InChI=1S/C17H23NO5/c1-13-5-2-3-6-15(13)23-9-4-7-16(19)18-8-10-22-12-14(18)11-17(20)21/h2-3,5-6,14H,4,7-12H2,1H3,(H,20,21). The SMILES string of the molecule is Cc1ccccc1OCCCC(=O)N1CCOCC1CC(=O)O. The molecule has 1 aliphatic heterocycles. The molecule has 0 saturated carbocycles. The van der Waals surface area contributed by atoms with E-state index in [4.69, 9.17) is 14.6 Å². The maximum atomic E-state index is 12.3. The number of carboxylic acid groups (broad SMARTS) is 1. The topological polar surface area (TPSA) is 76.1 Å². The molecule has 0 aliphatic carbocycles. The summed E-state index contributed by atoms with van der Waals surface area (Å²) in [6.07, 6.45) is 0.873. The van der Waals surface area contributed by atoms with Crippen molar-refractivity contribution in [2.45, 2.75) is 32.2 Å². The van der Waals surface area contributed by atoms with Crippen molar-refractivity contribution in [1.29, 1.82) is 0 Å². The average molecular weight is 321 g/mol. The van der Waals surface area contributed by atoms with E-state index < -0.39 is 5.97 Å². The molecule has 23 heavy (non-hydrogen) atoms. The number of carbonyl (C=O) groups excluding carboxylic acids is 1. The molecule has 1 fully saturated rings. The third kappa shape index (κ3) is 5.25. The number of morpholine rings is 1. The molecule has 1 heterocycles. The van der Waals surface area contributed by atoms with Crippen LogP contribution in [0.1, 0.15) is 24.8 Å². The van der Waals surface area contributed by atoms with Crippen molar-refractivity contribution in [3.63, 3.8) is 0 Å². The van der Waals surface area contributed by atoms with Crippen molar-refractivity contribution in [2.75, 3.05) is 26.4 Å². The number of amides is 1. The lowest BCUT2D eigenvalue weighted by atomic mass is 10.1. The Morgan fingerprint density at radius 1 is 1.39 bits per heavy atom. The molecule has 0 bridgehead atoms. The molecular weight excluding hydrogens is 298 g/mol. The predicted molar refractivity (Wildman–Crippen MR) is 84.5 cm³/mol. The van der Waals surface area contributed by atoms with Crippen molar-refractivity contribution in [3.05, 3.63) is 29.8 Å². The van der Waals surface area contributed by atoms with Crippen molar-refractivity contribution < 1.29 is 24.2 Å². The van der Waals surface area contributed by atoms with Gasteiger partial charge in [0.1, 0.15) is 5.75 Å². The zero-order valence-electron chi connectivity index (χ0n) is 13.4. The van der Waals surface area contributed by atoms with Crippen molar-refractivity contribution in [2.24, 2.45) is 0 Å². The first-order valence-electron chi connectivity index (χ1n) is 7.85. The van der Waals surface area contributed by atoms with Crippen molar-refractivity contribution in [3.8, 4) is 5.75 Å². The fraction of sp³-hybridized carbons (Fsp3) is 0.529. The molecule has 1 aromatic rings. The van der Waals surface area contributed by atoms with Gasteiger partial charge in [-0.2, -0.15) is 0 Å². The first-order chi connectivity index (χ1) is 11.1. The Morgan fingerprint density at radius 2 is 2.17 bits per heavy atom. The Hall–Kier alpha value is -2.08. The smallest absolute Gasteiger partial charge is 0.305 e. The first-order valence-corrected chi connectivity index (χ1v) is 7.85. The van der Waals surface area contributed by atoms with Gasteiger partial charge in [-0.25, -0.2) is 0 Å². The highest BCUT2D eigenvalue weighted by Crippen LogP contribution is 2.17. The Kier molecular flexibility index (Phi) is 6.40. The molecule has 0 radical (unpaired) electrons. The molecule has 0 aromatic heterocycles. The maximum Gasteiger partial charge on any atom is 0.305 e. The van der Waals surface area contributed by atoms with Crippen LogP contribution in [0.3, 0.4) is 0 Å². The van der Waals surface area contributed by atoms with Gasteiger partial charge in [0, 0.05) is 13.0 Å². The number of hydrogen-bond acceptors (Lipinski definition) is 4. The van der Waals surface area contributed by atoms with Gasteiger partial charge in [-0.1, -0.05) is 18.2 Å². The van der Waals surface area contributed by atoms with E-state index in [0.717, 1.165) is 11.3 Å². The monoisotopic (exact) mass is 321 g/mol. The summed E-state index contributed by atoms with van der Waals surface area (Å²) >= 11 is 0. The minimum atomic E-state index is -0.916. The van der Waals surface area contributed by atoms with Crippen LogP contribution < -0.4 is 4.74 Å². The van der Waals surface area contributed by atoms with E-state index in [0.29, 0.717) is 32.6 Å².